The minimum Gasteiger partial charge on any atom is -0.317 e. The molecule has 2 heteroatoms. The van der Waals surface area contributed by atoms with Crippen LogP contribution in [0.25, 0.3) is 0 Å². The quantitative estimate of drug-likeness (QED) is 0.683. The van der Waals surface area contributed by atoms with Crippen molar-refractivity contribution in [3.63, 3.8) is 0 Å². The predicted octanol–water partition coefficient (Wildman–Crippen LogP) is 2.15. The predicted molar refractivity (Wildman–Crippen MR) is 62.6 cm³/mol. The van der Waals surface area contributed by atoms with E-state index in [-0.39, 0.29) is 0 Å². The molecule has 0 spiro atoms. The first-order valence-corrected chi connectivity index (χ1v) is 6.30. The van der Waals surface area contributed by atoms with E-state index < -0.39 is 0 Å². The van der Waals surface area contributed by atoms with Gasteiger partial charge in [0, 0.05) is 6.04 Å². The topological polar surface area (TPSA) is 24.1 Å². The van der Waals surface area contributed by atoms with Gasteiger partial charge in [-0.25, -0.2) is 0 Å². The standard InChI is InChI=1S/C12H26N2/c1-3-5-12(4-2)14-10-11-6-8-13-9-7-11/h11-14H,3-10H2,1-2H3. The van der Waals surface area contributed by atoms with Crippen LogP contribution in [0.3, 0.4) is 0 Å². The highest BCUT2D eigenvalue weighted by Crippen LogP contribution is 2.11. The second kappa shape index (κ2) is 7.24. The van der Waals surface area contributed by atoms with Crippen LogP contribution in [-0.2, 0) is 0 Å². The van der Waals surface area contributed by atoms with E-state index in [0.29, 0.717) is 0 Å². The number of piperidine rings is 1. The van der Waals surface area contributed by atoms with Crippen molar-refractivity contribution in [2.45, 2.75) is 52.0 Å². The van der Waals surface area contributed by atoms with E-state index in [0.717, 1.165) is 12.0 Å². The Morgan fingerprint density at radius 3 is 2.57 bits per heavy atom. The zero-order valence-corrected chi connectivity index (χ0v) is 9.81. The highest BCUT2D eigenvalue weighted by Gasteiger charge is 2.13. The average Bonchev–Trinajstić information content (AvgIpc) is 2.25. The van der Waals surface area contributed by atoms with Crippen LogP contribution < -0.4 is 10.6 Å². The summed E-state index contributed by atoms with van der Waals surface area (Å²) in [6.07, 6.45) is 6.63. The number of hydrogen-bond acceptors (Lipinski definition) is 2. The Kier molecular flexibility index (Phi) is 6.20. The molecule has 84 valence electrons. The highest BCUT2D eigenvalue weighted by atomic mass is 14.9. The van der Waals surface area contributed by atoms with Gasteiger partial charge < -0.3 is 10.6 Å². The summed E-state index contributed by atoms with van der Waals surface area (Å²) in [4.78, 5) is 0. The van der Waals surface area contributed by atoms with Crippen molar-refractivity contribution in [3.05, 3.63) is 0 Å². The second-order valence-corrected chi connectivity index (χ2v) is 4.50. The van der Waals surface area contributed by atoms with Crippen LogP contribution in [0.1, 0.15) is 46.0 Å². The summed E-state index contributed by atoms with van der Waals surface area (Å²) in [6, 6.07) is 0.759. The molecule has 0 bridgehead atoms. The molecule has 0 aromatic carbocycles. The van der Waals surface area contributed by atoms with Gasteiger partial charge >= 0.3 is 0 Å². The minimum absolute atomic E-state index is 0.759. The third kappa shape index (κ3) is 4.43. The van der Waals surface area contributed by atoms with Crippen molar-refractivity contribution in [3.8, 4) is 0 Å². The lowest BCUT2D eigenvalue weighted by atomic mass is 9.97. The zero-order chi connectivity index (χ0) is 10.2. The molecule has 1 aliphatic rings. The molecule has 1 unspecified atom stereocenters. The third-order valence-corrected chi connectivity index (χ3v) is 3.28. The normalized spacial score (nSPS) is 21.0. The van der Waals surface area contributed by atoms with Gasteiger partial charge in [-0.05, 0) is 51.2 Å². The van der Waals surface area contributed by atoms with E-state index in [4.69, 9.17) is 0 Å². The molecule has 1 heterocycles. The Labute approximate surface area is 88.8 Å². The van der Waals surface area contributed by atoms with Crippen LogP contribution in [0.2, 0.25) is 0 Å². The Hall–Kier alpha value is -0.0800. The molecule has 0 saturated carbocycles. The fourth-order valence-electron chi connectivity index (χ4n) is 2.22. The number of nitrogens with one attached hydrogen (secondary N) is 2. The summed E-state index contributed by atoms with van der Waals surface area (Å²) in [5.41, 5.74) is 0. The van der Waals surface area contributed by atoms with E-state index in [1.165, 1.54) is 51.7 Å². The molecule has 0 radical (unpaired) electrons. The summed E-state index contributed by atoms with van der Waals surface area (Å²) in [5, 5.41) is 7.13. The van der Waals surface area contributed by atoms with E-state index >= 15 is 0 Å². The molecular formula is C12H26N2. The Balaban J connectivity index is 2.10. The largest absolute Gasteiger partial charge is 0.317 e. The lowest BCUT2D eigenvalue weighted by Crippen LogP contribution is -2.37. The smallest absolute Gasteiger partial charge is 0.00644 e. The van der Waals surface area contributed by atoms with Gasteiger partial charge in [0.1, 0.15) is 0 Å². The fraction of sp³-hybridized carbons (Fsp3) is 1.00. The zero-order valence-electron chi connectivity index (χ0n) is 9.81. The van der Waals surface area contributed by atoms with Crippen LogP contribution in [-0.4, -0.2) is 25.7 Å². The molecule has 0 aromatic rings. The first-order valence-electron chi connectivity index (χ1n) is 6.30. The summed E-state index contributed by atoms with van der Waals surface area (Å²) < 4.78 is 0. The number of hydrogen-bond donors (Lipinski definition) is 2. The van der Waals surface area contributed by atoms with Crippen LogP contribution in [0.15, 0.2) is 0 Å². The van der Waals surface area contributed by atoms with E-state index in [2.05, 4.69) is 24.5 Å². The van der Waals surface area contributed by atoms with Gasteiger partial charge in [0.2, 0.25) is 0 Å². The molecule has 14 heavy (non-hydrogen) atoms. The lowest BCUT2D eigenvalue weighted by molar-refractivity contribution is 0.331. The van der Waals surface area contributed by atoms with Crippen molar-refractivity contribution in [2.24, 2.45) is 5.92 Å². The molecule has 1 aliphatic heterocycles. The highest BCUT2D eigenvalue weighted by molar-refractivity contribution is 4.73. The maximum atomic E-state index is 3.71. The molecule has 0 aromatic heterocycles. The van der Waals surface area contributed by atoms with Crippen molar-refractivity contribution in [2.75, 3.05) is 19.6 Å². The van der Waals surface area contributed by atoms with Crippen molar-refractivity contribution in [1.82, 2.24) is 10.6 Å². The fourth-order valence-corrected chi connectivity index (χ4v) is 2.22. The van der Waals surface area contributed by atoms with Gasteiger partial charge in [0.15, 0.2) is 0 Å². The van der Waals surface area contributed by atoms with Gasteiger partial charge in [0.25, 0.3) is 0 Å². The van der Waals surface area contributed by atoms with Gasteiger partial charge in [0.05, 0.1) is 0 Å². The molecule has 2 N–H and O–H groups in total. The summed E-state index contributed by atoms with van der Waals surface area (Å²) >= 11 is 0. The lowest BCUT2D eigenvalue weighted by Gasteiger charge is -2.25. The Morgan fingerprint density at radius 1 is 1.29 bits per heavy atom. The molecule has 2 nitrogen and oxygen atoms in total. The number of rotatable bonds is 6. The van der Waals surface area contributed by atoms with E-state index in [1.807, 2.05) is 0 Å². The maximum Gasteiger partial charge on any atom is 0.00644 e. The van der Waals surface area contributed by atoms with Gasteiger partial charge in [-0.15, -0.1) is 0 Å². The molecular weight excluding hydrogens is 172 g/mol. The molecule has 0 aliphatic carbocycles. The average molecular weight is 198 g/mol. The summed E-state index contributed by atoms with van der Waals surface area (Å²) in [6.45, 7) is 8.23. The Morgan fingerprint density at radius 2 is 2.00 bits per heavy atom. The molecule has 1 rings (SSSR count). The van der Waals surface area contributed by atoms with Gasteiger partial charge in [-0.3, -0.25) is 0 Å². The first-order chi connectivity index (χ1) is 6.86. The van der Waals surface area contributed by atoms with Crippen LogP contribution in [0, 0.1) is 5.92 Å². The maximum absolute atomic E-state index is 3.71. The molecule has 1 atom stereocenters. The molecule has 1 fully saturated rings. The molecule has 1 saturated heterocycles. The third-order valence-electron chi connectivity index (χ3n) is 3.28. The Bertz CT molecular complexity index is 126. The monoisotopic (exact) mass is 198 g/mol. The van der Waals surface area contributed by atoms with Crippen LogP contribution in [0.4, 0.5) is 0 Å². The van der Waals surface area contributed by atoms with Gasteiger partial charge in [-0.2, -0.15) is 0 Å². The van der Waals surface area contributed by atoms with Crippen molar-refractivity contribution < 1.29 is 0 Å². The van der Waals surface area contributed by atoms with Gasteiger partial charge in [-0.1, -0.05) is 20.3 Å². The molecule has 0 amide bonds. The van der Waals surface area contributed by atoms with Crippen LogP contribution >= 0.6 is 0 Å². The summed E-state index contributed by atoms with van der Waals surface area (Å²) in [7, 11) is 0. The van der Waals surface area contributed by atoms with E-state index in [9.17, 15) is 0 Å². The van der Waals surface area contributed by atoms with E-state index in [1.54, 1.807) is 0 Å². The van der Waals surface area contributed by atoms with Crippen molar-refractivity contribution in [1.29, 1.82) is 0 Å². The minimum atomic E-state index is 0.759. The van der Waals surface area contributed by atoms with Crippen LogP contribution in [0.5, 0.6) is 0 Å². The summed E-state index contributed by atoms with van der Waals surface area (Å²) in [5.74, 6) is 0.919. The first kappa shape index (κ1) is 12.0. The van der Waals surface area contributed by atoms with Crippen molar-refractivity contribution >= 4 is 0 Å². The SMILES string of the molecule is CCCC(CC)NCC1CCNCC1. The second-order valence-electron chi connectivity index (χ2n) is 4.50.